The van der Waals surface area contributed by atoms with E-state index in [2.05, 4.69) is 22.5 Å². The maximum atomic E-state index is 13.2. The number of carbonyl (C=O) groups excluding carboxylic acids is 1. The van der Waals surface area contributed by atoms with Crippen molar-refractivity contribution in [1.29, 1.82) is 0 Å². The van der Waals surface area contributed by atoms with Crippen LogP contribution in [-0.2, 0) is 36.1 Å². The maximum absolute atomic E-state index is 13.2. The van der Waals surface area contributed by atoms with Crippen molar-refractivity contribution in [3.05, 3.63) is 52.3 Å². The van der Waals surface area contributed by atoms with E-state index in [1.54, 1.807) is 7.11 Å². The first kappa shape index (κ1) is 18.6. The normalized spacial score (nSPS) is 16.4. The lowest BCUT2D eigenvalue weighted by atomic mass is 9.95. The number of nitrogens with one attached hydrogen (secondary N) is 1. The molecule has 0 bridgehead atoms. The van der Waals surface area contributed by atoms with Crippen molar-refractivity contribution >= 4 is 5.91 Å². The van der Waals surface area contributed by atoms with E-state index in [1.807, 2.05) is 42.6 Å². The summed E-state index contributed by atoms with van der Waals surface area (Å²) in [6.07, 6.45) is 0.726. The summed E-state index contributed by atoms with van der Waals surface area (Å²) in [5.41, 5.74) is 5.72. The van der Waals surface area contributed by atoms with Gasteiger partial charge in [-0.25, -0.2) is 0 Å². The number of rotatable bonds is 6. The van der Waals surface area contributed by atoms with Crippen LogP contribution in [0, 0.1) is 13.8 Å². The highest BCUT2D eigenvalue weighted by atomic mass is 16.5. The van der Waals surface area contributed by atoms with Crippen LogP contribution in [0.4, 0.5) is 0 Å². The number of amides is 1. The first-order chi connectivity index (χ1) is 12.5. The van der Waals surface area contributed by atoms with Crippen LogP contribution in [0.3, 0.4) is 0 Å². The Kier molecular flexibility index (Phi) is 5.74. The molecule has 0 spiro atoms. The van der Waals surface area contributed by atoms with Gasteiger partial charge in [0.2, 0.25) is 5.91 Å². The molecule has 0 aliphatic carbocycles. The number of hydrogen-bond acceptors (Lipinski definition) is 4. The van der Waals surface area contributed by atoms with E-state index in [-0.39, 0.29) is 11.9 Å². The summed E-state index contributed by atoms with van der Waals surface area (Å²) in [6, 6.07) is 8.12. The van der Waals surface area contributed by atoms with Gasteiger partial charge in [0.05, 0.1) is 18.3 Å². The van der Waals surface area contributed by atoms with E-state index in [0.717, 1.165) is 29.9 Å². The lowest BCUT2D eigenvalue weighted by Gasteiger charge is -2.31. The van der Waals surface area contributed by atoms with Crippen LogP contribution in [0.15, 0.2) is 24.3 Å². The number of methoxy groups -OCH3 is 1. The van der Waals surface area contributed by atoms with Gasteiger partial charge in [0.15, 0.2) is 0 Å². The lowest BCUT2D eigenvalue weighted by Crippen LogP contribution is -2.50. The Balaban J connectivity index is 1.78. The third-order valence-corrected chi connectivity index (χ3v) is 5.26. The molecule has 6 heteroatoms. The van der Waals surface area contributed by atoms with Crippen LogP contribution in [0.5, 0.6) is 0 Å². The van der Waals surface area contributed by atoms with Crippen LogP contribution in [0.1, 0.15) is 28.1 Å². The van der Waals surface area contributed by atoms with Crippen molar-refractivity contribution in [2.45, 2.75) is 39.4 Å². The van der Waals surface area contributed by atoms with Crippen molar-refractivity contribution in [3.8, 4) is 0 Å². The first-order valence-corrected chi connectivity index (χ1v) is 9.08. The summed E-state index contributed by atoms with van der Waals surface area (Å²) in [4.78, 5) is 15.1. The van der Waals surface area contributed by atoms with E-state index in [1.165, 1.54) is 11.1 Å². The van der Waals surface area contributed by atoms with E-state index >= 15 is 0 Å². The van der Waals surface area contributed by atoms with Gasteiger partial charge in [-0.3, -0.25) is 9.48 Å². The lowest BCUT2D eigenvalue weighted by molar-refractivity contribution is -0.135. The summed E-state index contributed by atoms with van der Waals surface area (Å²) in [7, 11) is 3.60. The number of aromatic nitrogens is 2. The average Bonchev–Trinajstić information content (AvgIpc) is 2.89. The van der Waals surface area contributed by atoms with Crippen LogP contribution in [0.25, 0.3) is 0 Å². The molecule has 0 fully saturated rings. The van der Waals surface area contributed by atoms with Crippen molar-refractivity contribution in [2.24, 2.45) is 7.05 Å². The number of hydrogen-bond donors (Lipinski definition) is 1. The largest absolute Gasteiger partial charge is 0.383 e. The van der Waals surface area contributed by atoms with Gasteiger partial charge >= 0.3 is 0 Å². The minimum absolute atomic E-state index is 0.124. The molecule has 6 nitrogen and oxygen atoms in total. The number of aryl methyl sites for hydroxylation is 2. The third-order valence-electron chi connectivity index (χ3n) is 5.26. The summed E-state index contributed by atoms with van der Waals surface area (Å²) < 4.78 is 7.11. The minimum atomic E-state index is -0.195. The van der Waals surface area contributed by atoms with Crippen LogP contribution >= 0.6 is 0 Å². The number of fused-ring (bicyclic) bond motifs is 1. The van der Waals surface area contributed by atoms with Gasteiger partial charge in [-0.1, -0.05) is 24.3 Å². The zero-order valence-corrected chi connectivity index (χ0v) is 16.1. The molecular weight excluding hydrogens is 328 g/mol. The number of carbonyl (C=O) groups is 1. The summed E-state index contributed by atoms with van der Waals surface area (Å²) in [6.45, 7) is 6.43. The quantitative estimate of drug-likeness (QED) is 0.856. The summed E-state index contributed by atoms with van der Waals surface area (Å²) >= 11 is 0. The van der Waals surface area contributed by atoms with E-state index in [4.69, 9.17) is 4.74 Å². The summed E-state index contributed by atoms with van der Waals surface area (Å²) in [5.74, 6) is 0.124. The van der Waals surface area contributed by atoms with Crippen LogP contribution in [0.2, 0.25) is 0 Å². The van der Waals surface area contributed by atoms with E-state index in [0.29, 0.717) is 19.7 Å². The zero-order valence-electron chi connectivity index (χ0n) is 16.1. The molecule has 1 N–H and O–H groups in total. The van der Waals surface area contributed by atoms with Gasteiger partial charge in [0, 0.05) is 45.0 Å². The Hall–Kier alpha value is -2.18. The second kappa shape index (κ2) is 8.01. The molecule has 3 rings (SSSR count). The molecule has 0 saturated heterocycles. The van der Waals surface area contributed by atoms with E-state index < -0.39 is 0 Å². The molecule has 140 valence electrons. The number of nitrogens with zero attached hydrogens (tertiary/aromatic N) is 3. The first-order valence-electron chi connectivity index (χ1n) is 9.08. The molecule has 1 aliphatic rings. The van der Waals surface area contributed by atoms with Crippen molar-refractivity contribution in [1.82, 2.24) is 20.0 Å². The highest BCUT2D eigenvalue weighted by molar-refractivity contribution is 5.82. The van der Waals surface area contributed by atoms with Gasteiger partial charge < -0.3 is 15.0 Å². The molecule has 1 aliphatic heterocycles. The molecule has 1 aromatic carbocycles. The van der Waals surface area contributed by atoms with Gasteiger partial charge in [-0.15, -0.1) is 0 Å². The molecule has 1 amide bonds. The fraction of sp³-hybridized carbons (Fsp3) is 0.500. The Morgan fingerprint density at radius 3 is 2.73 bits per heavy atom. The fourth-order valence-electron chi connectivity index (χ4n) is 3.56. The fourth-order valence-corrected chi connectivity index (χ4v) is 3.56. The van der Waals surface area contributed by atoms with Gasteiger partial charge in [0.1, 0.15) is 0 Å². The molecule has 2 aromatic rings. The average molecular weight is 356 g/mol. The van der Waals surface area contributed by atoms with Gasteiger partial charge in [-0.05, 0) is 31.4 Å². The topological polar surface area (TPSA) is 59.4 Å². The second-order valence-corrected chi connectivity index (χ2v) is 6.93. The predicted molar refractivity (Wildman–Crippen MR) is 101 cm³/mol. The molecule has 2 heterocycles. The number of benzene rings is 1. The van der Waals surface area contributed by atoms with Crippen molar-refractivity contribution in [3.63, 3.8) is 0 Å². The molecule has 0 radical (unpaired) electrons. The Morgan fingerprint density at radius 1 is 1.35 bits per heavy atom. The smallest absolute Gasteiger partial charge is 0.240 e. The predicted octanol–water partition coefficient (Wildman–Crippen LogP) is 1.73. The zero-order chi connectivity index (χ0) is 18.7. The molecule has 0 unspecified atom stereocenters. The highest BCUT2D eigenvalue weighted by Gasteiger charge is 2.28. The monoisotopic (exact) mass is 356 g/mol. The SMILES string of the molecule is COCCN(Cc1c(C)nn(C)c1C)C(=O)[C@H]1Cc2ccccc2CN1. The molecule has 1 aromatic heterocycles. The Labute approximate surface area is 155 Å². The standard InChI is InChI=1S/C20H28N4O2/c1-14-18(15(2)23(3)22-14)13-24(9-10-26-4)20(25)19-11-16-7-5-6-8-17(16)12-21-19/h5-8,19,21H,9-13H2,1-4H3/t19-/m1/s1. The van der Waals surface area contributed by atoms with E-state index in [9.17, 15) is 4.79 Å². The van der Waals surface area contributed by atoms with Gasteiger partial charge in [0.25, 0.3) is 0 Å². The van der Waals surface area contributed by atoms with Crippen LogP contribution in [-0.4, -0.2) is 46.9 Å². The van der Waals surface area contributed by atoms with Crippen LogP contribution < -0.4 is 5.32 Å². The molecular formula is C20H28N4O2. The minimum Gasteiger partial charge on any atom is -0.383 e. The third kappa shape index (κ3) is 3.81. The Morgan fingerprint density at radius 2 is 2.08 bits per heavy atom. The summed E-state index contributed by atoms with van der Waals surface area (Å²) in [5, 5.41) is 7.88. The maximum Gasteiger partial charge on any atom is 0.240 e. The molecule has 1 atom stereocenters. The van der Waals surface area contributed by atoms with Crippen molar-refractivity contribution in [2.75, 3.05) is 20.3 Å². The second-order valence-electron chi connectivity index (χ2n) is 6.93. The van der Waals surface area contributed by atoms with Crippen molar-refractivity contribution < 1.29 is 9.53 Å². The molecule has 26 heavy (non-hydrogen) atoms. The van der Waals surface area contributed by atoms with Gasteiger partial charge in [-0.2, -0.15) is 5.10 Å². The number of ether oxygens (including phenoxy) is 1. The Bertz CT molecular complexity index is 784. The molecule has 0 saturated carbocycles. The highest BCUT2D eigenvalue weighted by Crippen LogP contribution is 2.20.